The normalized spacial score (nSPS) is 34.2. The SMILES string of the molecule is CN=C(NCCCN1CCCC(C)C1)NCCN1C(=O)C2C3C=CC(C3)C2C1=O. The fourth-order valence-electron chi connectivity index (χ4n) is 5.69. The van der Waals surface area contributed by atoms with Gasteiger partial charge in [0.2, 0.25) is 11.8 Å². The summed E-state index contributed by atoms with van der Waals surface area (Å²) in [6.07, 6.45) is 8.99. The van der Waals surface area contributed by atoms with E-state index in [1.54, 1.807) is 7.05 Å². The van der Waals surface area contributed by atoms with Gasteiger partial charge in [0.15, 0.2) is 5.96 Å². The van der Waals surface area contributed by atoms with Crippen molar-refractivity contribution < 1.29 is 9.59 Å². The first-order valence-electron chi connectivity index (χ1n) is 11.3. The number of aliphatic imine (C=N–C) groups is 1. The van der Waals surface area contributed by atoms with Crippen molar-refractivity contribution in [1.29, 1.82) is 0 Å². The van der Waals surface area contributed by atoms with Crippen LogP contribution in [0.5, 0.6) is 0 Å². The first-order chi connectivity index (χ1) is 14.1. The predicted octanol–water partition coefficient (Wildman–Crippen LogP) is 1.08. The highest BCUT2D eigenvalue weighted by molar-refractivity contribution is 6.06. The minimum atomic E-state index is -0.104. The van der Waals surface area contributed by atoms with E-state index in [2.05, 4.69) is 39.6 Å². The summed E-state index contributed by atoms with van der Waals surface area (Å²) < 4.78 is 0. The van der Waals surface area contributed by atoms with Crippen molar-refractivity contribution in [3.05, 3.63) is 12.2 Å². The van der Waals surface area contributed by atoms with Crippen LogP contribution in [0, 0.1) is 29.6 Å². The number of hydrogen-bond acceptors (Lipinski definition) is 4. The molecule has 0 spiro atoms. The van der Waals surface area contributed by atoms with Gasteiger partial charge in [-0.25, -0.2) is 0 Å². The Kier molecular flexibility index (Phi) is 6.23. The second-order valence-electron chi connectivity index (χ2n) is 9.16. The highest BCUT2D eigenvalue weighted by atomic mass is 16.2. The Bertz CT molecular complexity index is 661. The molecule has 3 fully saturated rings. The van der Waals surface area contributed by atoms with Gasteiger partial charge in [-0.1, -0.05) is 19.1 Å². The number of carbonyl (C=O) groups excluding carboxylic acids is 2. The van der Waals surface area contributed by atoms with Crippen LogP contribution < -0.4 is 10.6 Å². The maximum Gasteiger partial charge on any atom is 0.233 e. The van der Waals surface area contributed by atoms with E-state index in [9.17, 15) is 9.59 Å². The van der Waals surface area contributed by atoms with Crippen LogP contribution in [0.25, 0.3) is 0 Å². The molecule has 5 atom stereocenters. The van der Waals surface area contributed by atoms with Crippen molar-refractivity contribution in [1.82, 2.24) is 20.4 Å². The summed E-state index contributed by atoms with van der Waals surface area (Å²) in [7, 11) is 1.75. The molecule has 2 amide bonds. The zero-order valence-electron chi connectivity index (χ0n) is 17.8. The molecule has 2 saturated heterocycles. The number of likely N-dealkylation sites (tertiary alicyclic amines) is 2. The van der Waals surface area contributed by atoms with E-state index in [-0.39, 0.29) is 35.5 Å². The Morgan fingerprint density at radius 2 is 1.79 bits per heavy atom. The number of rotatable bonds is 7. The van der Waals surface area contributed by atoms with Gasteiger partial charge in [0.25, 0.3) is 0 Å². The Morgan fingerprint density at radius 3 is 2.45 bits per heavy atom. The van der Waals surface area contributed by atoms with Gasteiger partial charge in [-0.15, -0.1) is 0 Å². The summed E-state index contributed by atoms with van der Waals surface area (Å²) in [5.41, 5.74) is 0. The van der Waals surface area contributed by atoms with Gasteiger partial charge in [-0.2, -0.15) is 0 Å². The van der Waals surface area contributed by atoms with E-state index in [0.29, 0.717) is 13.1 Å². The van der Waals surface area contributed by atoms with Gasteiger partial charge in [0.1, 0.15) is 0 Å². The van der Waals surface area contributed by atoms with Gasteiger partial charge in [-0.05, 0) is 56.5 Å². The number of fused-ring (bicyclic) bond motifs is 5. The Balaban J connectivity index is 1.15. The van der Waals surface area contributed by atoms with Crippen LogP contribution in [-0.2, 0) is 9.59 Å². The molecule has 2 aliphatic heterocycles. The molecule has 2 N–H and O–H groups in total. The molecule has 4 aliphatic rings. The van der Waals surface area contributed by atoms with Crippen molar-refractivity contribution in [2.24, 2.45) is 34.6 Å². The molecule has 2 aliphatic carbocycles. The number of amides is 2. The quantitative estimate of drug-likeness (QED) is 0.219. The number of nitrogens with one attached hydrogen (secondary N) is 2. The fraction of sp³-hybridized carbons (Fsp3) is 0.773. The third kappa shape index (κ3) is 4.20. The van der Waals surface area contributed by atoms with Crippen LogP contribution in [0.3, 0.4) is 0 Å². The lowest BCUT2D eigenvalue weighted by Gasteiger charge is -2.30. The first-order valence-corrected chi connectivity index (χ1v) is 11.3. The second-order valence-corrected chi connectivity index (χ2v) is 9.16. The molecule has 160 valence electrons. The lowest BCUT2D eigenvalue weighted by molar-refractivity contribution is -0.140. The molecule has 5 unspecified atom stereocenters. The third-order valence-electron chi connectivity index (χ3n) is 7.10. The molecule has 0 radical (unpaired) electrons. The Labute approximate surface area is 174 Å². The molecule has 1 saturated carbocycles. The molecule has 7 heteroatoms. The molecule has 0 aromatic rings. The molecular formula is C22H35N5O2. The summed E-state index contributed by atoms with van der Waals surface area (Å²) in [6, 6.07) is 0. The third-order valence-corrected chi connectivity index (χ3v) is 7.10. The van der Waals surface area contributed by atoms with Crippen molar-refractivity contribution >= 4 is 17.8 Å². The largest absolute Gasteiger partial charge is 0.356 e. The van der Waals surface area contributed by atoms with Crippen molar-refractivity contribution in [2.75, 3.05) is 46.3 Å². The van der Waals surface area contributed by atoms with E-state index >= 15 is 0 Å². The minimum absolute atomic E-state index is 0.0253. The van der Waals surface area contributed by atoms with E-state index in [0.717, 1.165) is 37.8 Å². The fourth-order valence-corrected chi connectivity index (χ4v) is 5.69. The van der Waals surface area contributed by atoms with E-state index in [1.807, 2.05) is 0 Å². The van der Waals surface area contributed by atoms with Crippen LogP contribution in [0.4, 0.5) is 0 Å². The zero-order valence-corrected chi connectivity index (χ0v) is 17.8. The highest BCUT2D eigenvalue weighted by Gasteiger charge is 2.58. The van der Waals surface area contributed by atoms with Crippen molar-refractivity contribution in [2.45, 2.75) is 32.6 Å². The van der Waals surface area contributed by atoms with Gasteiger partial charge < -0.3 is 15.5 Å². The molecule has 0 aromatic heterocycles. The molecule has 29 heavy (non-hydrogen) atoms. The molecule has 0 aromatic carbocycles. The van der Waals surface area contributed by atoms with Crippen LogP contribution in [-0.4, -0.2) is 73.9 Å². The smallest absolute Gasteiger partial charge is 0.233 e. The standard InChI is InChI=1S/C22H35N5O2/c1-15-5-3-10-26(14-15)11-4-8-24-22(23-2)25-9-12-27-20(28)18-16-6-7-17(13-16)19(18)21(27)29/h6-7,15-19H,3-5,8-14H2,1-2H3,(H2,23,24,25). The molecule has 2 bridgehead atoms. The number of guanidine groups is 1. The van der Waals surface area contributed by atoms with Gasteiger partial charge >= 0.3 is 0 Å². The average molecular weight is 402 g/mol. The molecular weight excluding hydrogens is 366 g/mol. The van der Waals surface area contributed by atoms with Gasteiger partial charge in [-0.3, -0.25) is 19.5 Å². The van der Waals surface area contributed by atoms with Crippen LogP contribution in [0.15, 0.2) is 17.1 Å². The van der Waals surface area contributed by atoms with E-state index in [4.69, 9.17) is 0 Å². The minimum Gasteiger partial charge on any atom is -0.356 e. The topological polar surface area (TPSA) is 77.0 Å². The van der Waals surface area contributed by atoms with Crippen LogP contribution in [0.2, 0.25) is 0 Å². The van der Waals surface area contributed by atoms with E-state index in [1.165, 1.54) is 30.8 Å². The molecule has 7 nitrogen and oxygen atoms in total. The summed E-state index contributed by atoms with van der Waals surface area (Å²) in [5, 5.41) is 6.60. The second kappa shape index (κ2) is 8.86. The summed E-state index contributed by atoms with van der Waals surface area (Å²) in [5.74, 6) is 1.94. The Morgan fingerprint density at radius 1 is 1.10 bits per heavy atom. The number of hydrogen-bond donors (Lipinski definition) is 2. The number of nitrogens with zero attached hydrogens (tertiary/aromatic N) is 3. The van der Waals surface area contributed by atoms with Crippen LogP contribution in [0.1, 0.15) is 32.6 Å². The number of piperidine rings is 1. The van der Waals surface area contributed by atoms with Gasteiger partial charge in [0.05, 0.1) is 11.8 Å². The van der Waals surface area contributed by atoms with Crippen LogP contribution >= 0.6 is 0 Å². The number of imide groups is 1. The number of allylic oxidation sites excluding steroid dienone is 2. The monoisotopic (exact) mass is 401 g/mol. The summed E-state index contributed by atoms with van der Waals surface area (Å²) >= 11 is 0. The zero-order chi connectivity index (χ0) is 20.4. The average Bonchev–Trinajstić information content (AvgIpc) is 3.39. The van der Waals surface area contributed by atoms with E-state index < -0.39 is 0 Å². The Hall–Kier alpha value is -1.89. The summed E-state index contributed by atoms with van der Waals surface area (Å²) in [6.45, 7) is 7.69. The van der Waals surface area contributed by atoms with Crippen molar-refractivity contribution in [3.8, 4) is 0 Å². The molecule has 4 rings (SSSR count). The first kappa shape index (κ1) is 20.4. The van der Waals surface area contributed by atoms with Crippen molar-refractivity contribution in [3.63, 3.8) is 0 Å². The van der Waals surface area contributed by atoms with Gasteiger partial charge in [0, 0.05) is 33.2 Å². The number of carbonyl (C=O) groups is 2. The predicted molar refractivity (Wildman–Crippen MR) is 113 cm³/mol. The lowest BCUT2D eigenvalue weighted by Crippen LogP contribution is -2.44. The maximum absolute atomic E-state index is 12.7. The highest BCUT2D eigenvalue weighted by Crippen LogP contribution is 2.52. The molecule has 2 heterocycles. The maximum atomic E-state index is 12.7. The summed E-state index contributed by atoms with van der Waals surface area (Å²) in [4.78, 5) is 33.7. The lowest BCUT2D eigenvalue weighted by atomic mass is 9.85.